The summed E-state index contributed by atoms with van der Waals surface area (Å²) in [7, 11) is 1.56. The van der Waals surface area contributed by atoms with Crippen molar-refractivity contribution in [3.8, 4) is 0 Å². The van der Waals surface area contributed by atoms with Gasteiger partial charge in [-0.05, 0) is 19.1 Å². The van der Waals surface area contributed by atoms with Crippen molar-refractivity contribution < 1.29 is 9.53 Å². The molecule has 0 aliphatic carbocycles. The third-order valence-electron chi connectivity index (χ3n) is 2.19. The van der Waals surface area contributed by atoms with Crippen LogP contribution in [0.4, 0.5) is 5.69 Å². The summed E-state index contributed by atoms with van der Waals surface area (Å²) in [5.41, 5.74) is 5.23. The summed E-state index contributed by atoms with van der Waals surface area (Å²) < 4.78 is 6.16. The van der Waals surface area contributed by atoms with Gasteiger partial charge in [-0.2, -0.15) is 0 Å². The van der Waals surface area contributed by atoms with Gasteiger partial charge in [-0.25, -0.2) is 0 Å². The molecule has 1 atom stereocenters. The van der Waals surface area contributed by atoms with E-state index in [1.54, 1.807) is 13.2 Å². The molecule has 0 aliphatic heterocycles. The maximum atomic E-state index is 11.6. The van der Waals surface area contributed by atoms with Crippen LogP contribution in [0.5, 0.6) is 0 Å². The van der Waals surface area contributed by atoms with Gasteiger partial charge in [0.1, 0.15) is 6.54 Å². The molecule has 1 aromatic heterocycles. The van der Waals surface area contributed by atoms with Crippen molar-refractivity contribution in [3.63, 3.8) is 0 Å². The van der Waals surface area contributed by atoms with Crippen LogP contribution < -0.4 is 16.6 Å². The first-order valence-electron chi connectivity index (χ1n) is 5.28. The summed E-state index contributed by atoms with van der Waals surface area (Å²) in [6.07, 6.45) is 1.53. The molecule has 0 radical (unpaired) electrons. The molecule has 17 heavy (non-hydrogen) atoms. The first-order chi connectivity index (χ1) is 8.04. The summed E-state index contributed by atoms with van der Waals surface area (Å²) in [5, 5.41) is 2.71. The number of hydrogen-bond acceptors (Lipinski definition) is 4. The molecular formula is C11H17N3O3. The first-order valence-corrected chi connectivity index (χ1v) is 5.28. The lowest BCUT2D eigenvalue weighted by Crippen LogP contribution is -2.39. The van der Waals surface area contributed by atoms with Gasteiger partial charge < -0.3 is 20.4 Å². The van der Waals surface area contributed by atoms with Gasteiger partial charge in [-0.3, -0.25) is 9.59 Å². The van der Waals surface area contributed by atoms with Crippen molar-refractivity contribution in [1.82, 2.24) is 9.88 Å². The topological polar surface area (TPSA) is 86.3 Å². The molecular weight excluding hydrogens is 222 g/mol. The van der Waals surface area contributed by atoms with Crippen LogP contribution in [0, 0.1) is 0 Å². The lowest BCUT2D eigenvalue weighted by atomic mass is 10.3. The van der Waals surface area contributed by atoms with E-state index < -0.39 is 0 Å². The van der Waals surface area contributed by atoms with Crippen LogP contribution in [0.3, 0.4) is 0 Å². The first kappa shape index (κ1) is 13.2. The van der Waals surface area contributed by atoms with E-state index in [0.717, 1.165) is 0 Å². The zero-order valence-electron chi connectivity index (χ0n) is 9.97. The summed E-state index contributed by atoms with van der Waals surface area (Å²) in [5.74, 6) is -0.248. The number of anilines is 1. The molecule has 0 saturated heterocycles. The minimum Gasteiger partial charge on any atom is -0.394 e. The second-order valence-electron chi connectivity index (χ2n) is 3.82. The van der Waals surface area contributed by atoms with E-state index in [-0.39, 0.29) is 29.7 Å². The van der Waals surface area contributed by atoms with E-state index >= 15 is 0 Å². The summed E-state index contributed by atoms with van der Waals surface area (Å²) in [6, 6.07) is 3.04. The molecule has 1 unspecified atom stereocenters. The highest BCUT2D eigenvalue weighted by molar-refractivity contribution is 5.76. The SMILES string of the molecule is COCC(C)NC(=O)Cn1cccc(N)c1=O. The smallest absolute Gasteiger partial charge is 0.274 e. The fraction of sp³-hybridized carbons (Fsp3) is 0.455. The Labute approximate surface area is 99.4 Å². The third-order valence-corrected chi connectivity index (χ3v) is 2.19. The molecule has 3 N–H and O–H groups in total. The summed E-state index contributed by atoms with van der Waals surface area (Å²) >= 11 is 0. The second kappa shape index (κ2) is 6.05. The van der Waals surface area contributed by atoms with E-state index in [9.17, 15) is 9.59 Å². The number of amides is 1. The predicted molar refractivity (Wildman–Crippen MR) is 64.6 cm³/mol. The summed E-state index contributed by atoms with van der Waals surface area (Å²) in [4.78, 5) is 23.1. The van der Waals surface area contributed by atoms with E-state index in [1.165, 1.54) is 16.8 Å². The van der Waals surface area contributed by atoms with Gasteiger partial charge >= 0.3 is 0 Å². The Morgan fingerprint density at radius 3 is 3.00 bits per heavy atom. The average Bonchev–Trinajstić information content (AvgIpc) is 2.25. The maximum Gasteiger partial charge on any atom is 0.274 e. The number of nitrogens with two attached hydrogens (primary N) is 1. The van der Waals surface area contributed by atoms with E-state index in [4.69, 9.17) is 10.5 Å². The molecule has 0 fully saturated rings. The number of carbonyl (C=O) groups excluding carboxylic acids is 1. The molecule has 1 amide bonds. The Hall–Kier alpha value is -1.82. The number of nitrogens with one attached hydrogen (secondary N) is 1. The normalized spacial score (nSPS) is 12.1. The van der Waals surface area contributed by atoms with Crippen LogP contribution in [0.25, 0.3) is 0 Å². The number of nitrogens with zero attached hydrogens (tertiary/aromatic N) is 1. The van der Waals surface area contributed by atoms with Crippen molar-refractivity contribution in [2.45, 2.75) is 19.5 Å². The molecule has 1 aromatic rings. The number of pyridine rings is 1. The molecule has 6 heteroatoms. The zero-order valence-corrected chi connectivity index (χ0v) is 9.97. The van der Waals surface area contributed by atoms with Crippen LogP contribution in [0.15, 0.2) is 23.1 Å². The molecule has 0 bridgehead atoms. The monoisotopic (exact) mass is 239 g/mol. The lowest BCUT2D eigenvalue weighted by molar-refractivity contribution is -0.122. The molecule has 0 aliphatic rings. The lowest BCUT2D eigenvalue weighted by Gasteiger charge is -2.13. The minimum atomic E-state index is -0.359. The van der Waals surface area contributed by atoms with Crippen molar-refractivity contribution in [2.75, 3.05) is 19.5 Å². The summed E-state index contributed by atoms with van der Waals surface area (Å²) in [6.45, 7) is 2.21. The number of carbonyl (C=O) groups is 1. The molecule has 0 aromatic carbocycles. The fourth-order valence-electron chi connectivity index (χ4n) is 1.45. The highest BCUT2D eigenvalue weighted by Gasteiger charge is 2.08. The van der Waals surface area contributed by atoms with Crippen LogP contribution in [0.2, 0.25) is 0 Å². The molecule has 0 saturated carbocycles. The van der Waals surface area contributed by atoms with Crippen LogP contribution in [-0.2, 0) is 16.1 Å². The number of aromatic nitrogens is 1. The Kier molecular flexibility index (Phi) is 4.71. The van der Waals surface area contributed by atoms with Gasteiger partial charge in [0.15, 0.2) is 0 Å². The quantitative estimate of drug-likeness (QED) is 0.730. The molecule has 0 spiro atoms. The van der Waals surface area contributed by atoms with E-state index in [0.29, 0.717) is 6.61 Å². The van der Waals surface area contributed by atoms with Gasteiger partial charge in [-0.15, -0.1) is 0 Å². The van der Waals surface area contributed by atoms with Crippen molar-refractivity contribution in [1.29, 1.82) is 0 Å². The number of hydrogen-bond donors (Lipinski definition) is 2. The molecule has 1 heterocycles. The van der Waals surface area contributed by atoms with Gasteiger partial charge in [0, 0.05) is 19.3 Å². The highest BCUT2D eigenvalue weighted by atomic mass is 16.5. The third kappa shape index (κ3) is 3.92. The van der Waals surface area contributed by atoms with E-state index in [2.05, 4.69) is 5.32 Å². The molecule has 6 nitrogen and oxygen atoms in total. The molecule has 1 rings (SSSR count). The Bertz CT molecular complexity index is 442. The van der Waals surface area contributed by atoms with Gasteiger partial charge in [-0.1, -0.05) is 0 Å². The van der Waals surface area contributed by atoms with E-state index in [1.807, 2.05) is 6.92 Å². The minimum absolute atomic E-state index is 0.0437. The zero-order chi connectivity index (χ0) is 12.8. The number of ether oxygens (including phenoxy) is 1. The van der Waals surface area contributed by atoms with Crippen molar-refractivity contribution >= 4 is 11.6 Å². The fourth-order valence-corrected chi connectivity index (χ4v) is 1.45. The maximum absolute atomic E-state index is 11.6. The largest absolute Gasteiger partial charge is 0.394 e. The van der Waals surface area contributed by atoms with Crippen LogP contribution in [-0.4, -0.2) is 30.2 Å². The number of methoxy groups -OCH3 is 1. The Morgan fingerprint density at radius 2 is 2.35 bits per heavy atom. The second-order valence-corrected chi connectivity index (χ2v) is 3.82. The Balaban J connectivity index is 2.62. The van der Waals surface area contributed by atoms with Gasteiger partial charge in [0.25, 0.3) is 5.56 Å². The predicted octanol–water partition coefficient (Wildman–Crippen LogP) is -0.418. The van der Waals surface area contributed by atoms with Crippen molar-refractivity contribution in [3.05, 3.63) is 28.7 Å². The average molecular weight is 239 g/mol. The van der Waals surface area contributed by atoms with Crippen molar-refractivity contribution in [2.24, 2.45) is 0 Å². The van der Waals surface area contributed by atoms with Crippen LogP contribution >= 0.6 is 0 Å². The Morgan fingerprint density at radius 1 is 1.65 bits per heavy atom. The highest BCUT2D eigenvalue weighted by Crippen LogP contribution is 1.92. The van der Waals surface area contributed by atoms with Crippen LogP contribution in [0.1, 0.15) is 6.92 Å². The standard InChI is InChI=1S/C11H17N3O3/c1-8(7-17-2)13-10(15)6-14-5-3-4-9(12)11(14)16/h3-5,8H,6-7,12H2,1-2H3,(H,13,15). The van der Waals surface area contributed by atoms with Gasteiger partial charge in [0.2, 0.25) is 5.91 Å². The number of rotatable bonds is 5. The van der Waals surface area contributed by atoms with Gasteiger partial charge in [0.05, 0.1) is 12.3 Å². The number of nitrogen functional groups attached to an aromatic ring is 1. The molecule has 94 valence electrons.